The van der Waals surface area contributed by atoms with E-state index >= 15 is 0 Å². The van der Waals surface area contributed by atoms with Gasteiger partial charge in [0.15, 0.2) is 5.82 Å². The van der Waals surface area contributed by atoms with Crippen molar-refractivity contribution in [3.05, 3.63) is 47.7 Å². The Bertz CT molecular complexity index is 664. The summed E-state index contributed by atoms with van der Waals surface area (Å²) in [7, 11) is 0. The highest BCUT2D eigenvalue weighted by molar-refractivity contribution is 5.75. The van der Waals surface area contributed by atoms with Crippen LogP contribution in [0.5, 0.6) is 0 Å². The molecule has 0 saturated carbocycles. The maximum absolute atomic E-state index is 8.97. The zero-order chi connectivity index (χ0) is 13.0. The predicted octanol–water partition coefficient (Wildman–Crippen LogP) is 2.15. The van der Waals surface area contributed by atoms with Gasteiger partial charge in [0.2, 0.25) is 0 Å². The van der Waals surface area contributed by atoms with Crippen LogP contribution in [0.15, 0.2) is 36.5 Å². The third kappa shape index (κ3) is 2.06. The molecular formula is C13H9N5. The number of nitrogens with zero attached hydrogens (tertiary/aromatic N) is 3. The highest BCUT2D eigenvalue weighted by atomic mass is 15.0. The first kappa shape index (κ1) is 11.4. The molecule has 0 unspecified atom stereocenters. The fourth-order valence-electron chi connectivity index (χ4n) is 1.49. The minimum absolute atomic E-state index is 0.271. The number of nitrogens with one attached hydrogen (secondary N) is 1. The molecule has 0 fully saturated rings. The van der Waals surface area contributed by atoms with Crippen molar-refractivity contribution >= 4 is 17.2 Å². The molecule has 0 atom stereocenters. The van der Waals surface area contributed by atoms with Crippen molar-refractivity contribution in [2.24, 2.45) is 0 Å². The number of para-hydroxylation sites is 1. The highest BCUT2D eigenvalue weighted by Crippen LogP contribution is 2.25. The number of hydrogen-bond donors (Lipinski definition) is 2. The zero-order valence-electron chi connectivity index (χ0n) is 9.38. The quantitative estimate of drug-likeness (QED) is 0.830. The summed E-state index contributed by atoms with van der Waals surface area (Å²) in [6, 6.07) is 12.6. The second kappa shape index (κ2) is 4.86. The molecule has 0 aliphatic heterocycles. The molecule has 1 aromatic carbocycles. The van der Waals surface area contributed by atoms with Gasteiger partial charge in [0, 0.05) is 6.20 Å². The van der Waals surface area contributed by atoms with Gasteiger partial charge in [-0.15, -0.1) is 0 Å². The molecule has 5 nitrogen and oxygen atoms in total. The molecule has 3 N–H and O–H groups in total. The lowest BCUT2D eigenvalue weighted by Gasteiger charge is -2.09. The lowest BCUT2D eigenvalue weighted by molar-refractivity contribution is 1.29. The normalized spacial score (nSPS) is 9.22. The third-order valence-corrected chi connectivity index (χ3v) is 2.41. The lowest BCUT2D eigenvalue weighted by atomic mass is 10.2. The number of nitrogens with two attached hydrogens (primary N) is 1. The molecule has 0 aliphatic rings. The Balaban J connectivity index is 2.42. The summed E-state index contributed by atoms with van der Waals surface area (Å²) in [5.41, 5.74) is 7.52. The molecular weight excluding hydrogens is 226 g/mol. The van der Waals surface area contributed by atoms with Crippen molar-refractivity contribution in [2.45, 2.75) is 0 Å². The molecule has 2 aromatic rings. The summed E-state index contributed by atoms with van der Waals surface area (Å²) < 4.78 is 0. The van der Waals surface area contributed by atoms with Gasteiger partial charge in [0.1, 0.15) is 12.1 Å². The van der Waals surface area contributed by atoms with E-state index in [2.05, 4.69) is 16.4 Å². The monoisotopic (exact) mass is 235 g/mol. The largest absolute Gasteiger partial charge is 0.395 e. The summed E-state index contributed by atoms with van der Waals surface area (Å²) in [5.74, 6) is 0.372. The smallest absolute Gasteiger partial charge is 0.154 e. The van der Waals surface area contributed by atoms with Crippen molar-refractivity contribution in [1.29, 1.82) is 10.5 Å². The summed E-state index contributed by atoms with van der Waals surface area (Å²) in [4.78, 5) is 4.06. The molecule has 5 heteroatoms. The van der Waals surface area contributed by atoms with Gasteiger partial charge < -0.3 is 11.1 Å². The topological polar surface area (TPSA) is 98.5 Å². The van der Waals surface area contributed by atoms with E-state index in [-0.39, 0.29) is 5.69 Å². The molecule has 0 amide bonds. The Labute approximate surface area is 104 Å². The van der Waals surface area contributed by atoms with Crippen LogP contribution in [0.4, 0.5) is 17.2 Å². The van der Waals surface area contributed by atoms with Crippen molar-refractivity contribution < 1.29 is 0 Å². The zero-order valence-corrected chi connectivity index (χ0v) is 9.38. The van der Waals surface area contributed by atoms with Crippen LogP contribution in [-0.4, -0.2) is 4.98 Å². The molecule has 18 heavy (non-hydrogen) atoms. The van der Waals surface area contributed by atoms with Gasteiger partial charge in [-0.25, -0.2) is 4.98 Å². The molecule has 86 valence electrons. The van der Waals surface area contributed by atoms with E-state index in [0.717, 1.165) is 0 Å². The molecule has 1 aromatic heterocycles. The van der Waals surface area contributed by atoms with Crippen LogP contribution < -0.4 is 11.1 Å². The number of anilines is 3. The van der Waals surface area contributed by atoms with Crippen LogP contribution in [0.3, 0.4) is 0 Å². The number of pyridine rings is 1. The Kier molecular flexibility index (Phi) is 3.08. The second-order valence-corrected chi connectivity index (χ2v) is 3.51. The van der Waals surface area contributed by atoms with Gasteiger partial charge in [-0.05, 0) is 18.2 Å². The molecule has 0 saturated heterocycles. The van der Waals surface area contributed by atoms with E-state index in [9.17, 15) is 0 Å². The molecule has 2 rings (SSSR count). The van der Waals surface area contributed by atoms with E-state index in [0.29, 0.717) is 22.6 Å². The van der Waals surface area contributed by atoms with Gasteiger partial charge in [-0.2, -0.15) is 10.5 Å². The van der Waals surface area contributed by atoms with Crippen LogP contribution in [0, 0.1) is 22.7 Å². The Morgan fingerprint density at radius 2 is 1.78 bits per heavy atom. The minimum Gasteiger partial charge on any atom is -0.395 e. The van der Waals surface area contributed by atoms with Crippen LogP contribution in [0.1, 0.15) is 11.1 Å². The van der Waals surface area contributed by atoms with Gasteiger partial charge in [0.05, 0.1) is 22.5 Å². The van der Waals surface area contributed by atoms with Gasteiger partial charge >= 0.3 is 0 Å². The van der Waals surface area contributed by atoms with E-state index in [4.69, 9.17) is 16.3 Å². The van der Waals surface area contributed by atoms with Gasteiger partial charge in [-0.1, -0.05) is 12.1 Å². The van der Waals surface area contributed by atoms with Gasteiger partial charge in [-0.3, -0.25) is 0 Å². The number of nitrogen functional groups attached to an aromatic ring is 1. The number of rotatable bonds is 2. The van der Waals surface area contributed by atoms with Crippen LogP contribution in [0.2, 0.25) is 0 Å². The third-order valence-electron chi connectivity index (χ3n) is 2.41. The van der Waals surface area contributed by atoms with E-state index in [1.54, 1.807) is 24.3 Å². The minimum atomic E-state index is 0.271. The average molecular weight is 235 g/mol. The summed E-state index contributed by atoms with van der Waals surface area (Å²) in [6.45, 7) is 0. The Morgan fingerprint density at radius 3 is 2.50 bits per heavy atom. The Morgan fingerprint density at radius 1 is 1.06 bits per heavy atom. The summed E-state index contributed by atoms with van der Waals surface area (Å²) in [6.07, 6.45) is 1.49. The number of benzene rings is 1. The molecule has 1 heterocycles. The first-order valence-electron chi connectivity index (χ1n) is 5.17. The van der Waals surface area contributed by atoms with E-state index in [1.807, 2.05) is 6.07 Å². The van der Waals surface area contributed by atoms with Crippen molar-refractivity contribution in [2.75, 3.05) is 11.1 Å². The first-order valence-corrected chi connectivity index (χ1v) is 5.17. The predicted molar refractivity (Wildman–Crippen MR) is 67.8 cm³/mol. The van der Waals surface area contributed by atoms with Crippen molar-refractivity contribution in [1.82, 2.24) is 4.98 Å². The van der Waals surface area contributed by atoms with Crippen molar-refractivity contribution in [3.8, 4) is 12.1 Å². The van der Waals surface area contributed by atoms with Crippen LogP contribution in [-0.2, 0) is 0 Å². The fraction of sp³-hybridized carbons (Fsp3) is 0. The first-order chi connectivity index (χ1) is 8.76. The highest BCUT2D eigenvalue weighted by Gasteiger charge is 2.08. The van der Waals surface area contributed by atoms with Crippen molar-refractivity contribution in [3.63, 3.8) is 0 Å². The van der Waals surface area contributed by atoms with E-state index in [1.165, 1.54) is 12.3 Å². The van der Waals surface area contributed by atoms with Crippen LogP contribution >= 0.6 is 0 Å². The van der Waals surface area contributed by atoms with E-state index < -0.39 is 0 Å². The SMILES string of the molecule is N#Cc1ccccc1Nc1nccc(C#N)c1N. The van der Waals surface area contributed by atoms with Gasteiger partial charge in [0.25, 0.3) is 0 Å². The maximum Gasteiger partial charge on any atom is 0.154 e. The second-order valence-electron chi connectivity index (χ2n) is 3.51. The number of aromatic nitrogens is 1. The van der Waals surface area contributed by atoms with Crippen LogP contribution in [0.25, 0.3) is 0 Å². The molecule has 0 radical (unpaired) electrons. The Hall–Kier alpha value is -3.05. The standard InChI is InChI=1S/C13H9N5/c14-7-9-3-1-2-4-11(9)18-13-12(16)10(8-15)5-6-17-13/h1-6H,16H2,(H,17,18). The summed E-state index contributed by atoms with van der Waals surface area (Å²) in [5, 5.41) is 20.8. The molecule has 0 spiro atoms. The summed E-state index contributed by atoms with van der Waals surface area (Å²) >= 11 is 0. The molecule has 0 aliphatic carbocycles. The maximum atomic E-state index is 8.97. The lowest BCUT2D eigenvalue weighted by Crippen LogP contribution is -2.02. The average Bonchev–Trinajstić information content (AvgIpc) is 2.42. The molecule has 0 bridgehead atoms. The number of nitriles is 2. The number of hydrogen-bond acceptors (Lipinski definition) is 5. The fourth-order valence-corrected chi connectivity index (χ4v) is 1.49.